The third-order valence-electron chi connectivity index (χ3n) is 4.04. The van der Waals surface area contributed by atoms with E-state index in [1.165, 1.54) is 11.3 Å². The molecule has 1 aliphatic rings. The van der Waals surface area contributed by atoms with Gasteiger partial charge in [0.1, 0.15) is 0 Å². The van der Waals surface area contributed by atoms with Gasteiger partial charge in [0.2, 0.25) is 0 Å². The van der Waals surface area contributed by atoms with Crippen LogP contribution in [0.4, 0.5) is 0 Å². The monoisotopic (exact) mass is 288 g/mol. The van der Waals surface area contributed by atoms with Crippen LogP contribution in [0.5, 0.6) is 0 Å². The molecule has 20 heavy (non-hydrogen) atoms. The lowest BCUT2D eigenvalue weighted by Gasteiger charge is -2.35. The van der Waals surface area contributed by atoms with Gasteiger partial charge in [-0.15, -0.1) is 11.3 Å². The summed E-state index contributed by atoms with van der Waals surface area (Å²) in [5.41, 5.74) is 0.785. The molecule has 0 aliphatic carbocycles. The number of hydrogen-bond donors (Lipinski definition) is 1. The van der Waals surface area contributed by atoms with Gasteiger partial charge in [0.15, 0.2) is 0 Å². The third kappa shape index (κ3) is 2.96. The van der Waals surface area contributed by atoms with Gasteiger partial charge in [-0.1, -0.05) is 6.07 Å². The number of thiophene rings is 1. The van der Waals surface area contributed by atoms with Gasteiger partial charge in [-0.05, 0) is 49.6 Å². The fourth-order valence-corrected chi connectivity index (χ4v) is 3.68. The Labute approximate surface area is 123 Å². The molecule has 106 valence electrons. The van der Waals surface area contributed by atoms with Crippen LogP contribution in [0.3, 0.4) is 0 Å². The van der Waals surface area contributed by atoms with Gasteiger partial charge in [-0.2, -0.15) is 0 Å². The average molecular weight is 288 g/mol. The largest absolute Gasteiger partial charge is 0.367 e. The maximum Gasteiger partial charge on any atom is 0.255 e. The van der Waals surface area contributed by atoms with Gasteiger partial charge in [-0.25, -0.2) is 0 Å². The lowest BCUT2D eigenvalue weighted by molar-refractivity contribution is 0.0602. The second-order valence-corrected chi connectivity index (χ2v) is 6.40. The number of amides is 1. The van der Waals surface area contributed by atoms with Crippen molar-refractivity contribution in [3.8, 4) is 0 Å². The molecular weight excluding hydrogens is 268 g/mol. The van der Waals surface area contributed by atoms with Crippen LogP contribution in [0.2, 0.25) is 0 Å². The summed E-state index contributed by atoms with van der Waals surface area (Å²) >= 11 is 1.81. The van der Waals surface area contributed by atoms with Crippen molar-refractivity contribution >= 4 is 17.2 Å². The van der Waals surface area contributed by atoms with Crippen LogP contribution in [-0.4, -0.2) is 28.4 Å². The number of rotatable bonds is 4. The maximum absolute atomic E-state index is 12.5. The molecule has 1 fully saturated rings. The number of H-pyrrole nitrogens is 1. The Kier molecular flexibility index (Phi) is 4.21. The first-order valence-corrected chi connectivity index (χ1v) is 8.19. The van der Waals surface area contributed by atoms with Crippen molar-refractivity contribution in [1.82, 2.24) is 9.88 Å². The molecule has 4 heteroatoms. The summed E-state index contributed by atoms with van der Waals surface area (Å²) in [6, 6.07) is 6.55. The Bertz CT molecular complexity index is 533. The molecule has 1 aliphatic heterocycles. The quantitative estimate of drug-likeness (QED) is 0.915. The number of hydrogen-bond acceptors (Lipinski definition) is 2. The van der Waals surface area contributed by atoms with Crippen molar-refractivity contribution < 1.29 is 4.79 Å². The minimum Gasteiger partial charge on any atom is -0.367 e. The highest BCUT2D eigenvalue weighted by Crippen LogP contribution is 2.24. The van der Waals surface area contributed by atoms with Gasteiger partial charge in [0, 0.05) is 29.9 Å². The predicted molar refractivity (Wildman–Crippen MR) is 82.1 cm³/mol. The van der Waals surface area contributed by atoms with Crippen LogP contribution >= 0.6 is 11.3 Å². The molecule has 0 aromatic carbocycles. The Morgan fingerprint density at radius 1 is 1.40 bits per heavy atom. The minimum atomic E-state index is 0.183. The first-order chi connectivity index (χ1) is 9.84. The number of likely N-dealkylation sites (tertiary alicyclic amines) is 1. The summed E-state index contributed by atoms with van der Waals surface area (Å²) in [6.07, 6.45) is 9.29. The van der Waals surface area contributed by atoms with Gasteiger partial charge in [0.05, 0.1) is 5.56 Å². The van der Waals surface area contributed by atoms with E-state index in [9.17, 15) is 4.79 Å². The highest BCUT2D eigenvalue weighted by Gasteiger charge is 2.27. The fourth-order valence-electron chi connectivity index (χ4n) is 2.95. The Morgan fingerprint density at radius 3 is 3.10 bits per heavy atom. The first-order valence-electron chi connectivity index (χ1n) is 7.31. The molecule has 3 heterocycles. The summed E-state index contributed by atoms with van der Waals surface area (Å²) in [7, 11) is 0. The second-order valence-electron chi connectivity index (χ2n) is 5.37. The zero-order chi connectivity index (χ0) is 13.8. The van der Waals surface area contributed by atoms with E-state index >= 15 is 0 Å². The van der Waals surface area contributed by atoms with Gasteiger partial charge in [0.25, 0.3) is 5.91 Å². The zero-order valence-corrected chi connectivity index (χ0v) is 12.4. The number of carbonyl (C=O) groups is 1. The second kappa shape index (κ2) is 6.27. The summed E-state index contributed by atoms with van der Waals surface area (Å²) in [4.78, 5) is 19.0. The van der Waals surface area contributed by atoms with E-state index in [0.717, 1.165) is 37.8 Å². The summed E-state index contributed by atoms with van der Waals surface area (Å²) < 4.78 is 0. The van der Waals surface area contributed by atoms with Gasteiger partial charge in [-0.3, -0.25) is 4.79 Å². The summed E-state index contributed by atoms with van der Waals surface area (Å²) in [5.74, 6) is 0.183. The number of aromatic nitrogens is 1. The molecule has 2 aromatic rings. The lowest BCUT2D eigenvalue weighted by Crippen LogP contribution is -2.43. The minimum absolute atomic E-state index is 0.183. The fraction of sp³-hybridized carbons (Fsp3) is 0.438. The maximum atomic E-state index is 12.5. The molecule has 3 nitrogen and oxygen atoms in total. The third-order valence-corrected chi connectivity index (χ3v) is 4.97. The van der Waals surface area contributed by atoms with E-state index in [0.29, 0.717) is 6.04 Å². The highest BCUT2D eigenvalue weighted by atomic mass is 32.1. The van der Waals surface area contributed by atoms with E-state index in [2.05, 4.69) is 27.4 Å². The van der Waals surface area contributed by atoms with Crippen molar-refractivity contribution in [1.29, 1.82) is 0 Å². The van der Waals surface area contributed by atoms with Crippen molar-refractivity contribution in [2.45, 2.75) is 38.1 Å². The van der Waals surface area contributed by atoms with Crippen molar-refractivity contribution in [2.75, 3.05) is 6.54 Å². The number of aryl methyl sites for hydroxylation is 1. The number of nitrogens with one attached hydrogen (secondary N) is 1. The van der Waals surface area contributed by atoms with Crippen molar-refractivity contribution in [2.24, 2.45) is 0 Å². The standard InChI is InChI=1S/C16H20N2OS/c19-16(13-8-9-17-12-13)18-10-2-1-4-14(18)6-7-15-5-3-11-20-15/h3,5,8-9,11-12,14,17H,1-2,4,6-7,10H2. The topological polar surface area (TPSA) is 36.1 Å². The molecule has 1 atom stereocenters. The normalized spacial score (nSPS) is 19.2. The molecule has 0 radical (unpaired) electrons. The first kappa shape index (κ1) is 13.4. The highest BCUT2D eigenvalue weighted by molar-refractivity contribution is 7.09. The molecule has 1 N–H and O–H groups in total. The number of nitrogens with zero attached hydrogens (tertiary/aromatic N) is 1. The van der Waals surface area contributed by atoms with Gasteiger partial charge < -0.3 is 9.88 Å². The summed E-state index contributed by atoms with van der Waals surface area (Å²) in [5, 5.41) is 2.12. The molecule has 1 saturated heterocycles. The average Bonchev–Trinajstić information content (AvgIpc) is 3.18. The Hall–Kier alpha value is -1.55. The number of aromatic amines is 1. The van der Waals surface area contributed by atoms with Crippen molar-refractivity contribution in [3.05, 3.63) is 46.4 Å². The molecule has 0 saturated carbocycles. The lowest BCUT2D eigenvalue weighted by atomic mass is 9.97. The van der Waals surface area contributed by atoms with Gasteiger partial charge >= 0.3 is 0 Å². The molecule has 1 amide bonds. The molecule has 0 spiro atoms. The van der Waals surface area contributed by atoms with Crippen LogP contribution in [0, 0.1) is 0 Å². The molecule has 1 unspecified atom stereocenters. The van der Waals surface area contributed by atoms with E-state index in [4.69, 9.17) is 0 Å². The molecule has 0 bridgehead atoms. The Balaban J connectivity index is 1.66. The summed E-state index contributed by atoms with van der Waals surface area (Å²) in [6.45, 7) is 0.902. The molecular formula is C16H20N2OS. The Morgan fingerprint density at radius 2 is 2.35 bits per heavy atom. The van der Waals surface area contributed by atoms with Crippen LogP contribution in [0.15, 0.2) is 36.0 Å². The molecule has 2 aromatic heterocycles. The van der Waals surface area contributed by atoms with Crippen LogP contribution < -0.4 is 0 Å². The van der Waals surface area contributed by atoms with E-state index in [1.54, 1.807) is 6.20 Å². The SMILES string of the molecule is O=C(c1cc[nH]c1)N1CCCCC1CCc1cccs1. The number of carbonyl (C=O) groups excluding carboxylic acids is 1. The number of piperidine rings is 1. The van der Waals surface area contributed by atoms with Crippen LogP contribution in [0.25, 0.3) is 0 Å². The predicted octanol–water partition coefficient (Wildman–Crippen LogP) is 3.70. The van der Waals surface area contributed by atoms with E-state index < -0.39 is 0 Å². The van der Waals surface area contributed by atoms with Crippen molar-refractivity contribution in [3.63, 3.8) is 0 Å². The van der Waals surface area contributed by atoms with E-state index in [-0.39, 0.29) is 5.91 Å². The molecule has 3 rings (SSSR count). The van der Waals surface area contributed by atoms with E-state index in [1.807, 2.05) is 23.6 Å². The van der Waals surface area contributed by atoms with Crippen LogP contribution in [-0.2, 0) is 6.42 Å². The zero-order valence-electron chi connectivity index (χ0n) is 11.5. The smallest absolute Gasteiger partial charge is 0.255 e. The van der Waals surface area contributed by atoms with Crippen LogP contribution in [0.1, 0.15) is 40.9 Å².